The van der Waals surface area contributed by atoms with Gasteiger partial charge in [0, 0.05) is 30.3 Å². The summed E-state index contributed by atoms with van der Waals surface area (Å²) in [6, 6.07) is 4.98. The number of carbonyl (C=O) groups excluding carboxylic acids is 1. The first kappa shape index (κ1) is 9.98. The minimum absolute atomic E-state index is 0.186. The van der Waals surface area contributed by atoms with Gasteiger partial charge in [0.25, 0.3) is 0 Å². The third-order valence-corrected chi connectivity index (χ3v) is 2.32. The van der Waals surface area contributed by atoms with Gasteiger partial charge in [-0.3, -0.25) is 4.79 Å². The average molecular weight is 207 g/mol. The van der Waals surface area contributed by atoms with E-state index in [1.165, 1.54) is 0 Å². The molecule has 1 aliphatic rings. The lowest BCUT2D eigenvalue weighted by molar-refractivity contribution is -0.0720. The van der Waals surface area contributed by atoms with Gasteiger partial charge in [-0.2, -0.15) is 0 Å². The first-order valence-electron chi connectivity index (χ1n) is 4.88. The summed E-state index contributed by atoms with van der Waals surface area (Å²) >= 11 is 0. The molecule has 2 rings (SSSR count). The van der Waals surface area contributed by atoms with Crippen molar-refractivity contribution in [2.75, 3.05) is 18.9 Å². The van der Waals surface area contributed by atoms with Crippen LogP contribution in [0.25, 0.3) is 0 Å². The Labute approximate surface area is 88.0 Å². The van der Waals surface area contributed by atoms with E-state index < -0.39 is 0 Å². The van der Waals surface area contributed by atoms with Crippen molar-refractivity contribution in [3.8, 4) is 5.75 Å². The molecule has 0 radical (unpaired) electrons. The summed E-state index contributed by atoms with van der Waals surface area (Å²) in [6.45, 7) is 1.33. The summed E-state index contributed by atoms with van der Waals surface area (Å²) in [6.07, 6.45) is 1.97. The molecule has 1 saturated heterocycles. The maximum atomic E-state index is 10.6. The number of carbonyl (C=O) groups is 1. The van der Waals surface area contributed by atoms with Gasteiger partial charge in [-0.15, -0.1) is 0 Å². The average Bonchev–Trinajstić information content (AvgIpc) is 2.14. The van der Waals surface area contributed by atoms with Crippen LogP contribution in [0.2, 0.25) is 0 Å². The molecule has 0 aromatic heterocycles. The van der Waals surface area contributed by atoms with E-state index in [1.54, 1.807) is 18.2 Å². The van der Waals surface area contributed by atoms with E-state index >= 15 is 0 Å². The minimum atomic E-state index is 0.186. The highest BCUT2D eigenvalue weighted by Gasteiger charge is 2.18. The summed E-state index contributed by atoms with van der Waals surface area (Å²) in [7, 11) is 0. The van der Waals surface area contributed by atoms with Gasteiger partial charge in [0.15, 0.2) is 0 Å². The minimum Gasteiger partial charge on any atom is -0.491 e. The second-order valence-corrected chi connectivity index (χ2v) is 3.55. The van der Waals surface area contributed by atoms with Crippen LogP contribution < -0.4 is 10.5 Å². The summed E-state index contributed by atoms with van der Waals surface area (Å²) < 4.78 is 10.7. The SMILES string of the molecule is Nc1cc(C=O)cc(OCC2CCO2)c1. The van der Waals surface area contributed by atoms with Gasteiger partial charge in [0.1, 0.15) is 18.6 Å². The Morgan fingerprint density at radius 2 is 2.33 bits per heavy atom. The third kappa shape index (κ3) is 2.47. The smallest absolute Gasteiger partial charge is 0.150 e. The van der Waals surface area contributed by atoms with Gasteiger partial charge < -0.3 is 15.2 Å². The van der Waals surface area contributed by atoms with Gasteiger partial charge >= 0.3 is 0 Å². The monoisotopic (exact) mass is 207 g/mol. The predicted octanol–water partition coefficient (Wildman–Crippen LogP) is 1.25. The van der Waals surface area contributed by atoms with Crippen molar-refractivity contribution in [1.82, 2.24) is 0 Å². The zero-order chi connectivity index (χ0) is 10.7. The predicted molar refractivity (Wildman–Crippen MR) is 56.1 cm³/mol. The summed E-state index contributed by atoms with van der Waals surface area (Å²) in [5, 5.41) is 0. The second kappa shape index (κ2) is 4.31. The van der Waals surface area contributed by atoms with Gasteiger partial charge in [0.05, 0.1) is 6.10 Å². The van der Waals surface area contributed by atoms with Crippen molar-refractivity contribution in [2.24, 2.45) is 0 Å². The molecule has 1 aromatic rings. The summed E-state index contributed by atoms with van der Waals surface area (Å²) in [4.78, 5) is 10.6. The number of hydrogen-bond acceptors (Lipinski definition) is 4. The fourth-order valence-corrected chi connectivity index (χ4v) is 1.40. The van der Waals surface area contributed by atoms with Crippen molar-refractivity contribution in [2.45, 2.75) is 12.5 Å². The van der Waals surface area contributed by atoms with E-state index in [1.807, 2.05) is 0 Å². The molecule has 1 aliphatic heterocycles. The van der Waals surface area contributed by atoms with Crippen LogP contribution in [0.4, 0.5) is 5.69 Å². The quantitative estimate of drug-likeness (QED) is 0.596. The third-order valence-electron chi connectivity index (χ3n) is 2.32. The van der Waals surface area contributed by atoms with Gasteiger partial charge in [-0.25, -0.2) is 0 Å². The molecule has 80 valence electrons. The van der Waals surface area contributed by atoms with Crippen molar-refractivity contribution in [1.29, 1.82) is 0 Å². The lowest BCUT2D eigenvalue weighted by Gasteiger charge is -2.26. The molecule has 1 unspecified atom stereocenters. The molecule has 1 atom stereocenters. The number of hydrogen-bond donors (Lipinski definition) is 1. The Balaban J connectivity index is 1.99. The van der Waals surface area contributed by atoms with E-state index in [4.69, 9.17) is 15.2 Å². The summed E-state index contributed by atoms with van der Waals surface area (Å²) in [5.74, 6) is 0.618. The van der Waals surface area contributed by atoms with Crippen LogP contribution in [0.1, 0.15) is 16.8 Å². The van der Waals surface area contributed by atoms with Crippen LogP contribution in [0, 0.1) is 0 Å². The van der Waals surface area contributed by atoms with Gasteiger partial charge in [-0.1, -0.05) is 0 Å². The molecule has 0 aliphatic carbocycles. The Morgan fingerprint density at radius 1 is 1.53 bits per heavy atom. The number of aldehydes is 1. The van der Waals surface area contributed by atoms with Gasteiger partial charge in [0.2, 0.25) is 0 Å². The van der Waals surface area contributed by atoms with Crippen LogP contribution in [-0.4, -0.2) is 25.6 Å². The highest BCUT2D eigenvalue weighted by molar-refractivity contribution is 5.77. The van der Waals surface area contributed by atoms with E-state index in [9.17, 15) is 4.79 Å². The highest BCUT2D eigenvalue weighted by atomic mass is 16.5. The normalized spacial score (nSPS) is 19.3. The first-order valence-corrected chi connectivity index (χ1v) is 4.88. The molecule has 1 heterocycles. The number of ether oxygens (including phenoxy) is 2. The van der Waals surface area contributed by atoms with Crippen molar-refractivity contribution in [3.63, 3.8) is 0 Å². The molecule has 0 bridgehead atoms. The fourth-order valence-electron chi connectivity index (χ4n) is 1.40. The zero-order valence-electron chi connectivity index (χ0n) is 8.31. The van der Waals surface area contributed by atoms with E-state index in [2.05, 4.69) is 0 Å². The standard InChI is InChI=1S/C11H13NO3/c12-9-3-8(6-13)4-11(5-9)15-7-10-1-2-14-10/h3-6,10H,1-2,7,12H2. The lowest BCUT2D eigenvalue weighted by atomic mass is 10.2. The zero-order valence-corrected chi connectivity index (χ0v) is 8.31. The van der Waals surface area contributed by atoms with Gasteiger partial charge in [-0.05, 0) is 12.1 Å². The Kier molecular flexibility index (Phi) is 2.87. The number of benzene rings is 1. The number of nitrogen functional groups attached to an aromatic ring is 1. The molecule has 4 heteroatoms. The Hall–Kier alpha value is -1.55. The van der Waals surface area contributed by atoms with E-state index in [0.29, 0.717) is 23.6 Å². The van der Waals surface area contributed by atoms with Crippen molar-refractivity contribution < 1.29 is 14.3 Å². The molecule has 4 nitrogen and oxygen atoms in total. The number of rotatable bonds is 4. The largest absolute Gasteiger partial charge is 0.491 e. The molecule has 15 heavy (non-hydrogen) atoms. The second-order valence-electron chi connectivity index (χ2n) is 3.55. The first-order chi connectivity index (χ1) is 7.28. The summed E-state index contributed by atoms with van der Waals surface area (Å²) in [5.41, 5.74) is 6.68. The van der Waals surface area contributed by atoms with Crippen molar-refractivity contribution in [3.05, 3.63) is 23.8 Å². The maximum absolute atomic E-state index is 10.6. The Bertz CT molecular complexity index is 361. The molecule has 1 aromatic carbocycles. The lowest BCUT2D eigenvalue weighted by Crippen LogP contribution is -2.32. The van der Waals surface area contributed by atoms with Crippen LogP contribution in [0.15, 0.2) is 18.2 Å². The molecule has 0 spiro atoms. The van der Waals surface area contributed by atoms with Crippen LogP contribution in [0.5, 0.6) is 5.75 Å². The molecular formula is C11H13NO3. The molecule has 0 amide bonds. The highest BCUT2D eigenvalue weighted by Crippen LogP contribution is 2.19. The maximum Gasteiger partial charge on any atom is 0.150 e. The van der Waals surface area contributed by atoms with Crippen LogP contribution in [0.3, 0.4) is 0 Å². The fraction of sp³-hybridized carbons (Fsp3) is 0.364. The molecule has 1 fully saturated rings. The Morgan fingerprint density at radius 3 is 2.93 bits per heavy atom. The molecule has 0 saturated carbocycles. The number of anilines is 1. The van der Waals surface area contributed by atoms with Crippen LogP contribution >= 0.6 is 0 Å². The van der Waals surface area contributed by atoms with E-state index in [-0.39, 0.29) is 6.10 Å². The molecular weight excluding hydrogens is 194 g/mol. The van der Waals surface area contributed by atoms with E-state index in [0.717, 1.165) is 19.3 Å². The topological polar surface area (TPSA) is 61.6 Å². The number of nitrogens with two attached hydrogens (primary N) is 1. The molecule has 2 N–H and O–H groups in total. The van der Waals surface area contributed by atoms with Crippen molar-refractivity contribution >= 4 is 12.0 Å². The van der Waals surface area contributed by atoms with Crippen LogP contribution in [-0.2, 0) is 4.74 Å².